The predicted octanol–water partition coefficient (Wildman–Crippen LogP) is 0.542. The van der Waals surface area contributed by atoms with Crippen LogP contribution in [0.5, 0.6) is 0 Å². The molecule has 2 N–H and O–H groups in total. The molecule has 0 amide bonds. The van der Waals surface area contributed by atoms with E-state index in [2.05, 4.69) is 19.1 Å². The number of rotatable bonds is 5. The van der Waals surface area contributed by atoms with Crippen LogP contribution in [0.25, 0.3) is 0 Å². The predicted molar refractivity (Wildman–Crippen MR) is 58.5 cm³/mol. The molecule has 1 rings (SSSR count). The molecule has 3 heteroatoms. The number of benzene rings is 1. The minimum Gasteiger partial charge on any atom is -0.414 e. The zero-order valence-corrected chi connectivity index (χ0v) is 9.23. The highest BCUT2D eigenvalue weighted by Crippen LogP contribution is 1.91. The number of hydrogen-bond donors (Lipinski definition) is 1. The van der Waals surface area contributed by atoms with E-state index in [9.17, 15) is 0 Å². The molecule has 0 aromatic heterocycles. The largest absolute Gasteiger partial charge is 0.414 e. The van der Waals surface area contributed by atoms with Crippen molar-refractivity contribution in [3.8, 4) is 0 Å². The van der Waals surface area contributed by atoms with E-state index >= 15 is 0 Å². The van der Waals surface area contributed by atoms with E-state index < -0.39 is 9.04 Å². The maximum absolute atomic E-state index is 5.74. The van der Waals surface area contributed by atoms with E-state index in [-0.39, 0.29) is 0 Å². The Labute approximate surface area is 81.4 Å². The molecule has 0 fully saturated rings. The van der Waals surface area contributed by atoms with E-state index in [1.165, 1.54) is 5.19 Å². The Morgan fingerprint density at radius 1 is 1.31 bits per heavy atom. The molecule has 1 aromatic rings. The maximum Gasteiger partial charge on any atom is 0.221 e. The lowest BCUT2D eigenvalue weighted by molar-refractivity contribution is 0.326. The lowest BCUT2D eigenvalue weighted by Crippen LogP contribution is -2.41. The van der Waals surface area contributed by atoms with Crippen LogP contribution >= 0.6 is 0 Å². The molecule has 13 heavy (non-hydrogen) atoms. The first kappa shape index (κ1) is 10.4. The molecule has 0 heterocycles. The molecule has 0 saturated carbocycles. The van der Waals surface area contributed by atoms with Crippen molar-refractivity contribution in [3.05, 3.63) is 30.3 Å². The van der Waals surface area contributed by atoms with Crippen molar-refractivity contribution in [2.75, 3.05) is 12.8 Å². The smallest absolute Gasteiger partial charge is 0.221 e. The van der Waals surface area contributed by atoms with Crippen LogP contribution in [0.1, 0.15) is 13.3 Å². The van der Waals surface area contributed by atoms with Crippen molar-refractivity contribution in [3.63, 3.8) is 0 Å². The van der Waals surface area contributed by atoms with Gasteiger partial charge in [0.25, 0.3) is 0 Å². The second kappa shape index (κ2) is 5.91. The molecule has 2 nitrogen and oxygen atoms in total. The van der Waals surface area contributed by atoms with Crippen molar-refractivity contribution in [1.82, 2.24) is 0 Å². The van der Waals surface area contributed by atoms with Gasteiger partial charge in [-0.1, -0.05) is 37.3 Å². The van der Waals surface area contributed by atoms with Gasteiger partial charge in [0.15, 0.2) is 0 Å². The summed E-state index contributed by atoms with van der Waals surface area (Å²) in [4.78, 5) is 0. The molecule has 0 bridgehead atoms. The SMILES string of the molecule is CCCO[SiH](CN)c1ccccc1. The Bertz CT molecular complexity index is 228. The Balaban J connectivity index is 2.56. The van der Waals surface area contributed by atoms with E-state index in [0.717, 1.165) is 13.0 Å². The van der Waals surface area contributed by atoms with Gasteiger partial charge in [0.05, 0.1) is 0 Å². The standard InChI is InChI=1S/C10H17NOSi/c1-2-8-12-13(9-11)10-6-4-3-5-7-10/h3-7,13H,2,8-9,11H2,1H3. The third-order valence-corrected chi connectivity index (χ3v) is 4.10. The summed E-state index contributed by atoms with van der Waals surface area (Å²) in [6, 6.07) is 10.3. The lowest BCUT2D eigenvalue weighted by Gasteiger charge is -2.13. The Morgan fingerprint density at radius 2 is 2.00 bits per heavy atom. The van der Waals surface area contributed by atoms with Crippen molar-refractivity contribution in [2.45, 2.75) is 13.3 Å². The van der Waals surface area contributed by atoms with Gasteiger partial charge >= 0.3 is 0 Å². The van der Waals surface area contributed by atoms with Gasteiger partial charge in [0.2, 0.25) is 9.04 Å². The van der Waals surface area contributed by atoms with Crippen LogP contribution in [0.3, 0.4) is 0 Å². The number of nitrogens with two attached hydrogens (primary N) is 1. The minimum atomic E-state index is -1.31. The topological polar surface area (TPSA) is 35.2 Å². The zero-order chi connectivity index (χ0) is 9.52. The summed E-state index contributed by atoms with van der Waals surface area (Å²) >= 11 is 0. The molecule has 0 aliphatic heterocycles. The summed E-state index contributed by atoms with van der Waals surface area (Å²) in [5, 5.41) is 1.30. The van der Waals surface area contributed by atoms with Crippen LogP contribution in [0.15, 0.2) is 30.3 Å². The second-order valence-corrected chi connectivity index (χ2v) is 5.45. The Hall–Kier alpha value is -0.643. The van der Waals surface area contributed by atoms with Crippen LogP contribution in [-0.2, 0) is 4.43 Å². The van der Waals surface area contributed by atoms with Gasteiger partial charge in [-0.15, -0.1) is 0 Å². The molecule has 0 spiro atoms. The molecular formula is C10H17NOSi. The van der Waals surface area contributed by atoms with Crippen molar-refractivity contribution in [2.24, 2.45) is 5.73 Å². The molecule has 1 unspecified atom stereocenters. The Morgan fingerprint density at radius 3 is 2.54 bits per heavy atom. The molecule has 72 valence electrons. The molecule has 0 aliphatic rings. The van der Waals surface area contributed by atoms with Crippen molar-refractivity contribution < 1.29 is 4.43 Å². The van der Waals surface area contributed by atoms with Crippen molar-refractivity contribution >= 4 is 14.2 Å². The van der Waals surface area contributed by atoms with Crippen molar-refractivity contribution in [1.29, 1.82) is 0 Å². The van der Waals surface area contributed by atoms with Crippen LogP contribution in [0.4, 0.5) is 0 Å². The third kappa shape index (κ3) is 3.30. The zero-order valence-electron chi connectivity index (χ0n) is 8.07. The van der Waals surface area contributed by atoms with Crippen LogP contribution in [-0.4, -0.2) is 21.8 Å². The minimum absolute atomic E-state index is 0.685. The van der Waals surface area contributed by atoms with Gasteiger partial charge in [0.1, 0.15) is 0 Å². The van der Waals surface area contributed by atoms with Gasteiger partial charge in [-0.05, 0) is 11.6 Å². The van der Waals surface area contributed by atoms with E-state index in [0.29, 0.717) is 6.17 Å². The molecule has 0 saturated heterocycles. The third-order valence-electron chi connectivity index (χ3n) is 1.91. The fourth-order valence-electron chi connectivity index (χ4n) is 1.23. The first-order valence-electron chi connectivity index (χ1n) is 4.75. The van der Waals surface area contributed by atoms with Gasteiger partial charge in [0, 0.05) is 12.8 Å². The summed E-state index contributed by atoms with van der Waals surface area (Å²) in [5.74, 6) is 0. The quantitative estimate of drug-likeness (QED) is 0.696. The first-order valence-corrected chi connectivity index (χ1v) is 6.61. The summed E-state index contributed by atoms with van der Waals surface area (Å²) in [6.45, 7) is 2.95. The maximum atomic E-state index is 5.74. The van der Waals surface area contributed by atoms with Crippen LogP contribution in [0, 0.1) is 0 Å². The lowest BCUT2D eigenvalue weighted by atomic mass is 10.4. The molecule has 0 radical (unpaired) electrons. The fourth-order valence-corrected chi connectivity index (χ4v) is 3.00. The summed E-state index contributed by atoms with van der Waals surface area (Å²) in [7, 11) is -1.31. The van der Waals surface area contributed by atoms with E-state index in [1.54, 1.807) is 0 Å². The van der Waals surface area contributed by atoms with Gasteiger partial charge in [-0.3, -0.25) is 0 Å². The highest BCUT2D eigenvalue weighted by Gasteiger charge is 2.10. The van der Waals surface area contributed by atoms with Crippen LogP contribution in [0.2, 0.25) is 0 Å². The second-order valence-electron chi connectivity index (χ2n) is 3.01. The fraction of sp³-hybridized carbons (Fsp3) is 0.400. The highest BCUT2D eigenvalue weighted by atomic mass is 28.3. The van der Waals surface area contributed by atoms with E-state index in [1.807, 2.05) is 18.2 Å². The van der Waals surface area contributed by atoms with Gasteiger partial charge in [-0.2, -0.15) is 0 Å². The number of hydrogen-bond acceptors (Lipinski definition) is 2. The summed E-state index contributed by atoms with van der Waals surface area (Å²) in [5.41, 5.74) is 5.68. The monoisotopic (exact) mass is 195 g/mol. The summed E-state index contributed by atoms with van der Waals surface area (Å²) in [6.07, 6.45) is 1.75. The normalized spacial score (nSPS) is 12.8. The molecule has 0 aliphatic carbocycles. The average Bonchev–Trinajstić information content (AvgIpc) is 2.21. The van der Waals surface area contributed by atoms with Gasteiger partial charge < -0.3 is 10.2 Å². The van der Waals surface area contributed by atoms with Crippen LogP contribution < -0.4 is 10.9 Å². The molecular weight excluding hydrogens is 178 g/mol. The molecule has 1 atom stereocenters. The summed E-state index contributed by atoms with van der Waals surface area (Å²) < 4.78 is 5.74. The van der Waals surface area contributed by atoms with E-state index in [4.69, 9.17) is 10.2 Å². The average molecular weight is 195 g/mol. The Kier molecular flexibility index (Phi) is 4.75. The van der Waals surface area contributed by atoms with Gasteiger partial charge in [-0.25, -0.2) is 0 Å². The first-order chi connectivity index (χ1) is 6.38. The highest BCUT2D eigenvalue weighted by molar-refractivity contribution is 6.67. The molecule has 1 aromatic carbocycles.